The number of pyridine rings is 1. The fourth-order valence-electron chi connectivity index (χ4n) is 5.06. The van der Waals surface area contributed by atoms with Crippen LogP contribution in [-0.2, 0) is 6.54 Å². The molecule has 5 nitrogen and oxygen atoms in total. The summed E-state index contributed by atoms with van der Waals surface area (Å²) in [6, 6.07) is 12.7. The second-order valence-corrected chi connectivity index (χ2v) is 10.3. The second-order valence-electron chi connectivity index (χ2n) is 9.29. The van der Waals surface area contributed by atoms with Gasteiger partial charge in [-0.3, -0.25) is 9.69 Å². The van der Waals surface area contributed by atoms with Crippen molar-refractivity contribution in [1.29, 1.82) is 0 Å². The maximum atomic E-state index is 12.9. The summed E-state index contributed by atoms with van der Waals surface area (Å²) < 4.78 is 6.11. The van der Waals surface area contributed by atoms with Crippen LogP contribution in [0.3, 0.4) is 0 Å². The van der Waals surface area contributed by atoms with Gasteiger partial charge in [0, 0.05) is 44.7 Å². The summed E-state index contributed by atoms with van der Waals surface area (Å²) in [7, 11) is 3.65. The smallest absolute Gasteiger partial charge is 0.263 e. The Balaban J connectivity index is 1.29. The molecule has 2 fully saturated rings. The number of nitrogens with zero attached hydrogens (tertiary/aromatic N) is 3. The molecule has 0 N–H and O–H groups in total. The zero-order valence-electron chi connectivity index (χ0n) is 18.9. The van der Waals surface area contributed by atoms with E-state index in [1.165, 1.54) is 48.1 Å². The van der Waals surface area contributed by atoms with Gasteiger partial charge in [-0.1, -0.05) is 18.2 Å². The summed E-state index contributed by atoms with van der Waals surface area (Å²) in [6.45, 7) is 2.93. The van der Waals surface area contributed by atoms with Gasteiger partial charge < -0.3 is 9.64 Å². The van der Waals surface area contributed by atoms with Gasteiger partial charge in [-0.05, 0) is 68.0 Å². The largest absolute Gasteiger partial charge is 0.490 e. The van der Waals surface area contributed by atoms with Crippen LogP contribution in [0, 0.1) is 0 Å². The fourth-order valence-corrected chi connectivity index (χ4v) is 6.31. The van der Waals surface area contributed by atoms with E-state index in [-0.39, 0.29) is 5.91 Å². The lowest BCUT2D eigenvalue weighted by molar-refractivity contribution is 0.0831. The molecule has 0 unspecified atom stereocenters. The van der Waals surface area contributed by atoms with Crippen LogP contribution in [-0.4, -0.2) is 54.0 Å². The first kappa shape index (κ1) is 21.4. The van der Waals surface area contributed by atoms with E-state index in [1.807, 2.05) is 26.4 Å². The summed E-state index contributed by atoms with van der Waals surface area (Å²) in [5, 5.41) is 1.14. The van der Waals surface area contributed by atoms with Gasteiger partial charge in [0.25, 0.3) is 5.91 Å². The molecule has 3 heterocycles. The van der Waals surface area contributed by atoms with Crippen molar-refractivity contribution in [2.45, 2.75) is 50.7 Å². The van der Waals surface area contributed by atoms with Crippen molar-refractivity contribution in [2.75, 3.05) is 27.2 Å². The lowest BCUT2D eigenvalue weighted by Gasteiger charge is -2.18. The number of hydrogen-bond acceptors (Lipinski definition) is 5. The quantitative estimate of drug-likeness (QED) is 0.512. The number of aromatic nitrogens is 1. The molecule has 1 amide bonds. The normalized spacial score (nSPS) is 19.6. The molecule has 1 aliphatic carbocycles. The van der Waals surface area contributed by atoms with Crippen molar-refractivity contribution in [2.24, 2.45) is 0 Å². The number of fused-ring (bicyclic) bond motifs is 1. The van der Waals surface area contributed by atoms with Gasteiger partial charge in [0.1, 0.15) is 10.6 Å². The Morgan fingerprint density at radius 2 is 1.94 bits per heavy atom. The van der Waals surface area contributed by atoms with E-state index in [1.54, 1.807) is 4.90 Å². The first-order chi connectivity index (χ1) is 15.6. The van der Waals surface area contributed by atoms with Crippen molar-refractivity contribution >= 4 is 27.5 Å². The Morgan fingerprint density at radius 3 is 2.69 bits per heavy atom. The number of hydrogen-bond donors (Lipinski definition) is 0. The molecule has 0 bridgehead atoms. The number of amides is 1. The number of rotatable bonds is 6. The highest BCUT2D eigenvalue weighted by Crippen LogP contribution is 2.40. The molecule has 1 atom stereocenters. The first-order valence-electron chi connectivity index (χ1n) is 11.7. The highest BCUT2D eigenvalue weighted by Gasteiger charge is 2.31. The Hall–Kier alpha value is -2.44. The summed E-state index contributed by atoms with van der Waals surface area (Å²) in [6.07, 6.45) is 8.22. The predicted molar refractivity (Wildman–Crippen MR) is 130 cm³/mol. The molecule has 32 heavy (non-hydrogen) atoms. The van der Waals surface area contributed by atoms with Gasteiger partial charge in [-0.15, -0.1) is 11.3 Å². The van der Waals surface area contributed by atoms with Crippen LogP contribution in [0.1, 0.15) is 58.8 Å². The molecule has 3 aromatic rings. The molecular weight excluding hydrogens is 418 g/mol. The van der Waals surface area contributed by atoms with Gasteiger partial charge >= 0.3 is 0 Å². The van der Waals surface area contributed by atoms with Crippen molar-refractivity contribution < 1.29 is 9.53 Å². The Bertz CT molecular complexity index is 1090. The topological polar surface area (TPSA) is 45.7 Å². The Labute approximate surface area is 194 Å². The lowest BCUT2D eigenvalue weighted by atomic mass is 9.95. The predicted octanol–water partition coefficient (Wildman–Crippen LogP) is 5.31. The lowest BCUT2D eigenvalue weighted by Crippen LogP contribution is -2.23. The molecule has 1 aromatic carbocycles. The monoisotopic (exact) mass is 449 g/mol. The zero-order chi connectivity index (χ0) is 22.1. The highest BCUT2D eigenvalue weighted by molar-refractivity contribution is 7.20. The van der Waals surface area contributed by atoms with Crippen LogP contribution in [0.25, 0.3) is 10.2 Å². The van der Waals surface area contributed by atoms with Gasteiger partial charge in [0.05, 0.1) is 11.0 Å². The Morgan fingerprint density at radius 1 is 1.16 bits per heavy atom. The van der Waals surface area contributed by atoms with E-state index in [0.29, 0.717) is 12.0 Å². The molecule has 0 radical (unpaired) electrons. The average Bonchev–Trinajstić information content (AvgIpc) is 3.54. The third-order valence-corrected chi connectivity index (χ3v) is 7.84. The van der Waals surface area contributed by atoms with Crippen molar-refractivity contribution in [3.05, 3.63) is 58.6 Å². The molecule has 168 valence electrons. The molecule has 1 aliphatic heterocycles. The van der Waals surface area contributed by atoms with Crippen molar-refractivity contribution in [3.63, 3.8) is 0 Å². The first-order valence-corrected chi connectivity index (χ1v) is 12.5. The maximum Gasteiger partial charge on any atom is 0.263 e. The summed E-state index contributed by atoms with van der Waals surface area (Å²) in [5.41, 5.74) is 2.51. The van der Waals surface area contributed by atoms with E-state index in [4.69, 9.17) is 4.74 Å². The standard InChI is InChI=1S/C26H31N3O2S/c1-28(2)26(30)24-23(22-8-5-14-27-25(22)32-24)19-13-15-29(17-19)16-18-9-11-21(12-10-18)31-20-6-3-4-7-20/h5,8-12,14,19-20H,3-4,6-7,13,15-17H2,1-2H3/t19-/m0/s1. The van der Waals surface area contributed by atoms with Gasteiger partial charge in [-0.25, -0.2) is 4.98 Å². The molecular formula is C26H31N3O2S. The third kappa shape index (κ3) is 4.39. The number of carbonyl (C=O) groups is 1. The van der Waals surface area contributed by atoms with E-state index < -0.39 is 0 Å². The third-order valence-electron chi connectivity index (χ3n) is 6.72. The van der Waals surface area contributed by atoms with Crippen molar-refractivity contribution in [1.82, 2.24) is 14.8 Å². The van der Waals surface area contributed by atoms with E-state index in [9.17, 15) is 4.79 Å². The average molecular weight is 450 g/mol. The number of thiophene rings is 1. The summed E-state index contributed by atoms with van der Waals surface area (Å²) in [5.74, 6) is 1.43. The second kappa shape index (κ2) is 9.20. The molecule has 5 rings (SSSR count). The van der Waals surface area contributed by atoms with Crippen LogP contribution in [0.15, 0.2) is 42.6 Å². The number of benzene rings is 1. The van der Waals surface area contributed by atoms with Gasteiger partial charge in [0.15, 0.2) is 0 Å². The van der Waals surface area contributed by atoms with Crippen LogP contribution in [0.4, 0.5) is 0 Å². The summed E-state index contributed by atoms with van der Waals surface area (Å²) >= 11 is 1.53. The van der Waals surface area contributed by atoms with Gasteiger partial charge in [0.2, 0.25) is 0 Å². The molecule has 1 saturated carbocycles. The maximum absolute atomic E-state index is 12.9. The van der Waals surface area contributed by atoms with Gasteiger partial charge in [-0.2, -0.15) is 0 Å². The van der Waals surface area contributed by atoms with Crippen molar-refractivity contribution in [3.8, 4) is 5.75 Å². The molecule has 0 spiro atoms. The van der Waals surface area contributed by atoms with Crippen LogP contribution in [0.5, 0.6) is 5.75 Å². The highest BCUT2D eigenvalue weighted by atomic mass is 32.1. The minimum absolute atomic E-state index is 0.0827. The number of carbonyl (C=O) groups excluding carboxylic acids is 1. The SMILES string of the molecule is CN(C)C(=O)c1sc2ncccc2c1[C@H]1CCN(Cc2ccc(OC3CCCC3)cc2)C1. The Kier molecular flexibility index (Phi) is 6.15. The van der Waals surface area contributed by atoms with Crippen LogP contribution >= 0.6 is 11.3 Å². The summed E-state index contributed by atoms with van der Waals surface area (Å²) in [4.78, 5) is 23.4. The molecule has 1 saturated heterocycles. The number of likely N-dealkylation sites (tertiary alicyclic amines) is 1. The van der Waals surface area contributed by atoms with E-state index in [2.05, 4.69) is 40.2 Å². The molecule has 2 aliphatic rings. The van der Waals surface area contributed by atoms with Crippen LogP contribution in [0.2, 0.25) is 0 Å². The van der Waals surface area contributed by atoms with Crippen LogP contribution < -0.4 is 4.74 Å². The zero-order valence-corrected chi connectivity index (χ0v) is 19.7. The minimum atomic E-state index is 0.0827. The fraction of sp³-hybridized carbons (Fsp3) is 0.462. The van der Waals surface area contributed by atoms with E-state index >= 15 is 0 Å². The molecule has 6 heteroatoms. The molecule has 2 aromatic heterocycles. The number of ether oxygens (including phenoxy) is 1. The van der Waals surface area contributed by atoms with E-state index in [0.717, 1.165) is 46.9 Å². The minimum Gasteiger partial charge on any atom is -0.490 e.